The molecule has 0 saturated carbocycles. The van der Waals surface area contributed by atoms with Crippen LogP contribution >= 0.6 is 11.3 Å². The van der Waals surface area contributed by atoms with E-state index in [4.69, 9.17) is 4.42 Å². The lowest BCUT2D eigenvalue weighted by Crippen LogP contribution is -2.16. The largest absolute Gasteiger partial charge is 0.451 e. The van der Waals surface area contributed by atoms with E-state index in [1.165, 1.54) is 11.3 Å². The van der Waals surface area contributed by atoms with E-state index in [0.29, 0.717) is 17.3 Å². The third kappa shape index (κ3) is 3.45. The van der Waals surface area contributed by atoms with Gasteiger partial charge in [-0.1, -0.05) is 6.07 Å². The lowest BCUT2D eigenvalue weighted by atomic mass is 10.2. The van der Waals surface area contributed by atoms with E-state index in [2.05, 4.69) is 20.4 Å². The van der Waals surface area contributed by atoms with Crippen molar-refractivity contribution in [3.05, 3.63) is 34.8 Å². The maximum atomic E-state index is 12.4. The number of carbonyl (C=O) groups excluding carboxylic acids is 1. The number of thiophene rings is 1. The maximum absolute atomic E-state index is 12.4. The summed E-state index contributed by atoms with van der Waals surface area (Å²) < 4.78 is 42.7. The predicted octanol–water partition coefficient (Wildman–Crippen LogP) is 3.03. The zero-order chi connectivity index (χ0) is 17.3. The van der Waals surface area contributed by atoms with Crippen molar-refractivity contribution in [2.75, 3.05) is 5.32 Å². The van der Waals surface area contributed by atoms with Crippen molar-refractivity contribution in [2.24, 2.45) is 0 Å². The van der Waals surface area contributed by atoms with Crippen molar-refractivity contribution >= 4 is 23.2 Å². The fourth-order valence-corrected chi connectivity index (χ4v) is 2.51. The fraction of sp³-hybridized carbons (Fsp3) is 0.231. The zero-order valence-corrected chi connectivity index (χ0v) is 13.0. The molecule has 3 rings (SSSR count). The molecule has 0 fully saturated rings. The van der Waals surface area contributed by atoms with Gasteiger partial charge in [0.1, 0.15) is 5.76 Å². The monoisotopic (exact) mass is 357 g/mol. The number of rotatable bonds is 4. The van der Waals surface area contributed by atoms with Gasteiger partial charge in [0.05, 0.1) is 17.0 Å². The number of hydrogen-bond donors (Lipinski definition) is 2. The van der Waals surface area contributed by atoms with Gasteiger partial charge in [-0.3, -0.25) is 15.2 Å². The number of aromatic amines is 1. The van der Waals surface area contributed by atoms with Gasteiger partial charge in [-0.15, -0.1) is 16.4 Å². The Hall–Kier alpha value is -2.69. The Bertz CT molecular complexity index is 853. The van der Waals surface area contributed by atoms with Gasteiger partial charge in [-0.25, -0.2) is 4.98 Å². The summed E-state index contributed by atoms with van der Waals surface area (Å²) in [4.78, 5) is 20.1. The molecule has 1 amide bonds. The Morgan fingerprint density at radius 2 is 2.21 bits per heavy atom. The minimum Gasteiger partial charge on any atom is -0.440 e. The summed E-state index contributed by atoms with van der Waals surface area (Å²) in [5, 5.41) is 9.06. The summed E-state index contributed by atoms with van der Waals surface area (Å²) in [6.45, 7) is 1.65. The summed E-state index contributed by atoms with van der Waals surface area (Å²) >= 11 is 1.44. The molecule has 0 spiro atoms. The molecular formula is C13H10F3N5O2S. The number of aryl methyl sites for hydroxylation is 1. The van der Waals surface area contributed by atoms with Crippen LogP contribution in [0.15, 0.2) is 21.9 Å². The van der Waals surface area contributed by atoms with Gasteiger partial charge in [-0.2, -0.15) is 18.2 Å². The number of amides is 1. The summed E-state index contributed by atoms with van der Waals surface area (Å²) in [7, 11) is 0. The van der Waals surface area contributed by atoms with Gasteiger partial charge < -0.3 is 4.42 Å². The van der Waals surface area contributed by atoms with Crippen LogP contribution in [-0.4, -0.2) is 26.1 Å². The number of halogens is 3. The van der Waals surface area contributed by atoms with Crippen LogP contribution in [0.5, 0.6) is 0 Å². The van der Waals surface area contributed by atoms with Crippen LogP contribution in [0.1, 0.15) is 17.3 Å². The predicted molar refractivity (Wildman–Crippen MR) is 78.3 cm³/mol. The van der Waals surface area contributed by atoms with E-state index in [-0.39, 0.29) is 6.42 Å². The van der Waals surface area contributed by atoms with E-state index in [1.807, 2.05) is 17.5 Å². The Labute approximate surface area is 136 Å². The highest BCUT2D eigenvalue weighted by molar-refractivity contribution is 7.13. The quantitative estimate of drug-likeness (QED) is 0.748. The molecule has 0 aliphatic carbocycles. The molecule has 0 unspecified atom stereocenters. The number of nitrogens with one attached hydrogen (secondary N) is 2. The first-order valence-electron chi connectivity index (χ1n) is 6.62. The average molecular weight is 357 g/mol. The SMILES string of the molecule is Cc1oc(-c2cccs2)nc1CC(=O)Nc1n[nH]c(C(F)(F)F)n1. The second-order valence-electron chi connectivity index (χ2n) is 4.73. The Balaban J connectivity index is 1.68. The molecule has 0 aromatic carbocycles. The molecule has 24 heavy (non-hydrogen) atoms. The topological polar surface area (TPSA) is 96.7 Å². The number of H-pyrrole nitrogens is 1. The second kappa shape index (κ2) is 6.07. The first-order valence-corrected chi connectivity index (χ1v) is 7.50. The molecule has 11 heteroatoms. The lowest BCUT2D eigenvalue weighted by Gasteiger charge is -2.00. The average Bonchev–Trinajstić information content (AvgIpc) is 3.19. The Morgan fingerprint density at radius 1 is 1.42 bits per heavy atom. The van der Waals surface area contributed by atoms with Crippen molar-refractivity contribution in [1.82, 2.24) is 20.2 Å². The van der Waals surface area contributed by atoms with Crippen LogP contribution in [0.2, 0.25) is 0 Å². The number of aromatic nitrogens is 4. The highest BCUT2D eigenvalue weighted by Gasteiger charge is 2.35. The maximum Gasteiger partial charge on any atom is 0.451 e. The summed E-state index contributed by atoms with van der Waals surface area (Å²) in [6.07, 6.45) is -4.83. The van der Waals surface area contributed by atoms with Gasteiger partial charge in [0, 0.05) is 0 Å². The van der Waals surface area contributed by atoms with Crippen LogP contribution in [0.4, 0.5) is 19.1 Å². The second-order valence-corrected chi connectivity index (χ2v) is 5.68. The van der Waals surface area contributed by atoms with Crippen LogP contribution in [-0.2, 0) is 17.4 Å². The summed E-state index contributed by atoms with van der Waals surface area (Å²) in [5.41, 5.74) is 0.391. The number of oxazole rings is 1. The molecule has 0 aliphatic rings. The Morgan fingerprint density at radius 3 is 2.83 bits per heavy atom. The van der Waals surface area contributed by atoms with Gasteiger partial charge >= 0.3 is 6.18 Å². The summed E-state index contributed by atoms with van der Waals surface area (Å²) in [6, 6.07) is 3.67. The Kier molecular flexibility index (Phi) is 4.09. The molecule has 7 nitrogen and oxygen atoms in total. The summed E-state index contributed by atoms with van der Waals surface area (Å²) in [5.74, 6) is -1.48. The number of carbonyl (C=O) groups is 1. The lowest BCUT2D eigenvalue weighted by molar-refractivity contribution is -0.144. The standard InChI is InChI=1S/C13H10F3N5O2S/c1-6-7(17-10(23-6)8-3-2-4-24-8)5-9(22)18-12-19-11(20-21-12)13(14,15)16/h2-4H,5H2,1H3,(H2,18,19,20,21,22). The molecular weight excluding hydrogens is 347 g/mol. The van der Waals surface area contributed by atoms with E-state index in [9.17, 15) is 18.0 Å². The molecule has 0 saturated heterocycles. The van der Waals surface area contributed by atoms with Gasteiger partial charge in [0.2, 0.25) is 23.6 Å². The minimum absolute atomic E-state index is 0.170. The molecule has 0 aliphatic heterocycles. The molecule has 126 valence electrons. The molecule has 0 atom stereocenters. The number of alkyl halides is 3. The van der Waals surface area contributed by atoms with Crippen molar-refractivity contribution in [2.45, 2.75) is 19.5 Å². The number of hydrogen-bond acceptors (Lipinski definition) is 6. The van der Waals surface area contributed by atoms with E-state index >= 15 is 0 Å². The minimum atomic E-state index is -4.66. The molecule has 3 aromatic rings. The molecule has 0 bridgehead atoms. The van der Waals surface area contributed by atoms with Crippen molar-refractivity contribution < 1.29 is 22.4 Å². The van der Waals surface area contributed by atoms with Crippen molar-refractivity contribution in [3.63, 3.8) is 0 Å². The smallest absolute Gasteiger partial charge is 0.440 e. The van der Waals surface area contributed by atoms with Crippen LogP contribution in [0, 0.1) is 6.92 Å². The molecule has 3 heterocycles. The number of nitrogens with zero attached hydrogens (tertiary/aromatic N) is 3. The third-order valence-electron chi connectivity index (χ3n) is 2.96. The number of anilines is 1. The van der Waals surface area contributed by atoms with Gasteiger partial charge in [-0.05, 0) is 18.4 Å². The first-order chi connectivity index (χ1) is 11.3. The molecule has 3 aromatic heterocycles. The van der Waals surface area contributed by atoms with Gasteiger partial charge in [0.15, 0.2) is 0 Å². The van der Waals surface area contributed by atoms with Crippen LogP contribution in [0.3, 0.4) is 0 Å². The van der Waals surface area contributed by atoms with Crippen molar-refractivity contribution in [1.29, 1.82) is 0 Å². The van der Waals surface area contributed by atoms with Crippen LogP contribution in [0.25, 0.3) is 10.8 Å². The molecule has 0 radical (unpaired) electrons. The van der Waals surface area contributed by atoms with Crippen molar-refractivity contribution in [3.8, 4) is 10.8 Å². The van der Waals surface area contributed by atoms with Gasteiger partial charge in [0.25, 0.3) is 0 Å². The fourth-order valence-electron chi connectivity index (χ4n) is 1.86. The van der Waals surface area contributed by atoms with E-state index in [0.717, 1.165) is 4.88 Å². The molecule has 2 N–H and O–H groups in total. The van der Waals surface area contributed by atoms with Crippen LogP contribution < -0.4 is 5.32 Å². The van der Waals surface area contributed by atoms with E-state index in [1.54, 1.807) is 12.0 Å². The highest BCUT2D eigenvalue weighted by atomic mass is 32.1. The third-order valence-corrected chi connectivity index (χ3v) is 3.82. The normalized spacial score (nSPS) is 11.7. The van der Waals surface area contributed by atoms with E-state index < -0.39 is 23.9 Å². The highest BCUT2D eigenvalue weighted by Crippen LogP contribution is 2.27. The zero-order valence-electron chi connectivity index (χ0n) is 12.1. The first kappa shape index (κ1) is 16.2.